The largest absolute Gasteiger partial charge is 0.312 e. The molecule has 0 radical (unpaired) electrons. The van der Waals surface area contributed by atoms with E-state index in [2.05, 4.69) is 26.8 Å². The van der Waals surface area contributed by atoms with Gasteiger partial charge in [0.05, 0.1) is 0 Å². The van der Waals surface area contributed by atoms with Crippen LogP contribution in [0.15, 0.2) is 24.3 Å². The highest BCUT2D eigenvalue weighted by molar-refractivity contribution is 5.95. The number of hydrogen-bond acceptors (Lipinski definition) is 1. The van der Waals surface area contributed by atoms with Gasteiger partial charge in [0.1, 0.15) is 0 Å². The van der Waals surface area contributed by atoms with Gasteiger partial charge in [-0.2, -0.15) is 0 Å². The second-order valence-corrected chi connectivity index (χ2v) is 5.66. The van der Waals surface area contributed by atoms with E-state index in [0.29, 0.717) is 6.42 Å². The summed E-state index contributed by atoms with van der Waals surface area (Å²) in [5.41, 5.74) is 2.47. The topological polar surface area (TPSA) is 20.3 Å². The molecule has 2 heteroatoms. The monoisotopic (exact) mass is 217 g/mol. The number of rotatable bonds is 1. The lowest BCUT2D eigenvalue weighted by molar-refractivity contribution is -0.120. The quantitative estimate of drug-likeness (QED) is 0.708. The molecule has 0 saturated heterocycles. The Morgan fingerprint density at radius 3 is 2.69 bits per heavy atom. The standard InChI is InChI=1S/C14H19NO/c1-14(2,3)10-13(16)15-9-8-11-6-4-5-7-12(11)15/h4-7H,8-10H2,1-3H3. The summed E-state index contributed by atoms with van der Waals surface area (Å²) in [5.74, 6) is 0.248. The molecule has 0 atom stereocenters. The van der Waals surface area contributed by atoms with Crippen LogP contribution in [0.25, 0.3) is 0 Å². The molecule has 1 amide bonds. The highest BCUT2D eigenvalue weighted by Crippen LogP contribution is 2.30. The number of amides is 1. The van der Waals surface area contributed by atoms with Crippen LogP contribution in [-0.4, -0.2) is 12.5 Å². The van der Waals surface area contributed by atoms with E-state index in [1.807, 2.05) is 23.1 Å². The molecule has 1 heterocycles. The molecule has 1 aliphatic heterocycles. The molecule has 16 heavy (non-hydrogen) atoms. The van der Waals surface area contributed by atoms with Gasteiger partial charge in [-0.25, -0.2) is 0 Å². The van der Waals surface area contributed by atoms with Gasteiger partial charge in [-0.1, -0.05) is 39.0 Å². The Kier molecular flexibility index (Phi) is 2.75. The first kappa shape index (κ1) is 11.2. The van der Waals surface area contributed by atoms with Crippen molar-refractivity contribution in [3.05, 3.63) is 29.8 Å². The van der Waals surface area contributed by atoms with E-state index < -0.39 is 0 Å². The third kappa shape index (κ3) is 2.26. The van der Waals surface area contributed by atoms with Crippen LogP contribution in [0.1, 0.15) is 32.8 Å². The van der Waals surface area contributed by atoms with E-state index in [4.69, 9.17) is 0 Å². The highest BCUT2D eigenvalue weighted by Gasteiger charge is 2.26. The van der Waals surface area contributed by atoms with Gasteiger partial charge in [-0.05, 0) is 23.5 Å². The Labute approximate surface area is 97.3 Å². The Bertz CT molecular complexity index is 403. The predicted molar refractivity (Wildman–Crippen MR) is 66.6 cm³/mol. The molecule has 0 spiro atoms. The number of carbonyl (C=O) groups is 1. The Balaban J connectivity index is 2.16. The molecular formula is C14H19NO. The van der Waals surface area contributed by atoms with Crippen molar-refractivity contribution in [3.63, 3.8) is 0 Å². The zero-order valence-electron chi connectivity index (χ0n) is 10.3. The summed E-state index contributed by atoms with van der Waals surface area (Å²) >= 11 is 0. The van der Waals surface area contributed by atoms with Crippen LogP contribution in [0.3, 0.4) is 0 Å². The van der Waals surface area contributed by atoms with Crippen LogP contribution in [0.2, 0.25) is 0 Å². The average Bonchev–Trinajstić information content (AvgIpc) is 2.58. The number of benzene rings is 1. The lowest BCUT2D eigenvalue weighted by Gasteiger charge is -2.23. The molecule has 1 aliphatic rings. The normalized spacial score (nSPS) is 15.1. The lowest BCUT2D eigenvalue weighted by Crippen LogP contribution is -2.31. The smallest absolute Gasteiger partial charge is 0.227 e. The van der Waals surface area contributed by atoms with Crippen LogP contribution in [0.4, 0.5) is 5.69 Å². The molecule has 0 saturated carbocycles. The number of nitrogens with zero attached hydrogens (tertiary/aromatic N) is 1. The van der Waals surface area contributed by atoms with Gasteiger partial charge in [-0.3, -0.25) is 4.79 Å². The van der Waals surface area contributed by atoms with Gasteiger partial charge in [0, 0.05) is 18.7 Å². The molecule has 0 unspecified atom stereocenters. The first-order chi connectivity index (χ1) is 7.47. The van der Waals surface area contributed by atoms with Crippen molar-refractivity contribution in [2.45, 2.75) is 33.6 Å². The minimum atomic E-state index is 0.0641. The fourth-order valence-electron chi connectivity index (χ4n) is 2.15. The van der Waals surface area contributed by atoms with Crippen LogP contribution in [-0.2, 0) is 11.2 Å². The Morgan fingerprint density at radius 1 is 1.31 bits per heavy atom. The maximum Gasteiger partial charge on any atom is 0.227 e. The molecule has 0 aromatic heterocycles. The SMILES string of the molecule is CC(C)(C)CC(=O)N1CCc2ccccc21. The molecule has 86 valence electrons. The van der Waals surface area contributed by atoms with Crippen LogP contribution < -0.4 is 4.90 Å². The van der Waals surface area contributed by atoms with E-state index in [1.165, 1.54) is 5.56 Å². The van der Waals surface area contributed by atoms with Gasteiger partial charge >= 0.3 is 0 Å². The Morgan fingerprint density at radius 2 is 2.00 bits per heavy atom. The van der Waals surface area contributed by atoms with E-state index in [-0.39, 0.29) is 11.3 Å². The van der Waals surface area contributed by atoms with Gasteiger partial charge in [0.15, 0.2) is 0 Å². The summed E-state index contributed by atoms with van der Waals surface area (Å²) in [6.45, 7) is 7.15. The molecule has 0 bridgehead atoms. The number of anilines is 1. The predicted octanol–water partition coefficient (Wildman–Crippen LogP) is 3.01. The van der Waals surface area contributed by atoms with Crippen molar-refractivity contribution in [1.82, 2.24) is 0 Å². The number of para-hydroxylation sites is 1. The van der Waals surface area contributed by atoms with E-state index in [9.17, 15) is 4.79 Å². The zero-order chi connectivity index (χ0) is 11.8. The molecule has 1 aromatic rings. The first-order valence-corrected chi connectivity index (χ1v) is 5.86. The third-order valence-corrected chi connectivity index (χ3v) is 2.87. The minimum Gasteiger partial charge on any atom is -0.312 e. The maximum absolute atomic E-state index is 12.1. The summed E-state index contributed by atoms with van der Waals surface area (Å²) in [5, 5.41) is 0. The van der Waals surface area contributed by atoms with Gasteiger partial charge in [0.2, 0.25) is 5.91 Å². The summed E-state index contributed by atoms with van der Waals surface area (Å²) in [7, 11) is 0. The second-order valence-electron chi connectivity index (χ2n) is 5.66. The summed E-state index contributed by atoms with van der Waals surface area (Å²) in [6, 6.07) is 8.20. The summed E-state index contributed by atoms with van der Waals surface area (Å²) in [6.07, 6.45) is 1.60. The number of hydrogen-bond donors (Lipinski definition) is 0. The van der Waals surface area contributed by atoms with Crippen molar-refractivity contribution in [3.8, 4) is 0 Å². The first-order valence-electron chi connectivity index (χ1n) is 5.86. The van der Waals surface area contributed by atoms with Crippen molar-refractivity contribution in [2.75, 3.05) is 11.4 Å². The van der Waals surface area contributed by atoms with Gasteiger partial charge in [-0.15, -0.1) is 0 Å². The van der Waals surface area contributed by atoms with Gasteiger partial charge in [0.25, 0.3) is 0 Å². The molecule has 2 rings (SSSR count). The third-order valence-electron chi connectivity index (χ3n) is 2.87. The average molecular weight is 217 g/mol. The van der Waals surface area contributed by atoms with Crippen LogP contribution >= 0.6 is 0 Å². The fourth-order valence-corrected chi connectivity index (χ4v) is 2.15. The Hall–Kier alpha value is -1.31. The molecule has 1 aromatic carbocycles. The molecule has 0 fully saturated rings. The molecule has 2 nitrogen and oxygen atoms in total. The van der Waals surface area contributed by atoms with Gasteiger partial charge < -0.3 is 4.90 Å². The van der Waals surface area contributed by atoms with Crippen LogP contribution in [0.5, 0.6) is 0 Å². The molecular weight excluding hydrogens is 198 g/mol. The number of carbonyl (C=O) groups excluding carboxylic acids is 1. The molecule has 0 aliphatic carbocycles. The molecule has 0 N–H and O–H groups in total. The van der Waals surface area contributed by atoms with Crippen molar-refractivity contribution < 1.29 is 4.79 Å². The van der Waals surface area contributed by atoms with E-state index in [1.54, 1.807) is 0 Å². The van der Waals surface area contributed by atoms with Crippen molar-refractivity contribution in [2.24, 2.45) is 5.41 Å². The van der Waals surface area contributed by atoms with Crippen LogP contribution in [0, 0.1) is 5.41 Å². The summed E-state index contributed by atoms with van der Waals surface area (Å²) in [4.78, 5) is 14.1. The minimum absolute atomic E-state index is 0.0641. The fraction of sp³-hybridized carbons (Fsp3) is 0.500. The lowest BCUT2D eigenvalue weighted by atomic mass is 9.91. The zero-order valence-corrected chi connectivity index (χ0v) is 10.3. The van der Waals surface area contributed by atoms with Crippen molar-refractivity contribution >= 4 is 11.6 Å². The van der Waals surface area contributed by atoms with E-state index in [0.717, 1.165) is 18.7 Å². The number of fused-ring (bicyclic) bond motifs is 1. The highest BCUT2D eigenvalue weighted by atomic mass is 16.2. The maximum atomic E-state index is 12.1. The van der Waals surface area contributed by atoms with E-state index >= 15 is 0 Å². The second kappa shape index (κ2) is 3.93. The summed E-state index contributed by atoms with van der Waals surface area (Å²) < 4.78 is 0. The van der Waals surface area contributed by atoms with Crippen molar-refractivity contribution in [1.29, 1.82) is 0 Å².